The molecule has 0 unspecified atom stereocenters. The van der Waals surface area contributed by atoms with Gasteiger partial charge in [-0.25, -0.2) is 4.98 Å². The summed E-state index contributed by atoms with van der Waals surface area (Å²) >= 11 is 1.52. The predicted octanol–water partition coefficient (Wildman–Crippen LogP) is 1.26. The van der Waals surface area contributed by atoms with Crippen LogP contribution < -0.4 is 11.5 Å². The third-order valence-corrected chi connectivity index (χ3v) is 2.79. The van der Waals surface area contributed by atoms with E-state index < -0.39 is 5.91 Å². The molecule has 5 heteroatoms. The summed E-state index contributed by atoms with van der Waals surface area (Å²) in [6.07, 6.45) is 2.55. The van der Waals surface area contributed by atoms with Crippen LogP contribution in [0.15, 0.2) is 17.3 Å². The second-order valence-electron chi connectivity index (χ2n) is 2.83. The van der Waals surface area contributed by atoms with E-state index in [0.717, 1.165) is 12.2 Å². The first-order chi connectivity index (χ1) is 6.65. The minimum absolute atomic E-state index is 0.406. The third kappa shape index (κ3) is 2.63. The van der Waals surface area contributed by atoms with Gasteiger partial charge in [0.25, 0.3) is 5.91 Å². The maximum absolute atomic E-state index is 11.1. The Morgan fingerprint density at radius 3 is 2.93 bits per heavy atom. The normalized spacial score (nSPS) is 10.1. The molecule has 1 rings (SSSR count). The van der Waals surface area contributed by atoms with E-state index in [-0.39, 0.29) is 0 Å². The predicted molar refractivity (Wildman–Crippen MR) is 58.2 cm³/mol. The van der Waals surface area contributed by atoms with Gasteiger partial charge >= 0.3 is 0 Å². The molecule has 0 aromatic carbocycles. The molecule has 4 N–H and O–H groups in total. The molecule has 0 aliphatic carbocycles. The zero-order valence-electron chi connectivity index (χ0n) is 7.99. The fourth-order valence-electron chi connectivity index (χ4n) is 0.959. The molecule has 14 heavy (non-hydrogen) atoms. The topological polar surface area (TPSA) is 82.0 Å². The Labute approximate surface area is 87.1 Å². The molecule has 1 amide bonds. The highest BCUT2D eigenvalue weighted by atomic mass is 32.2. The first-order valence-electron chi connectivity index (χ1n) is 4.33. The summed E-state index contributed by atoms with van der Waals surface area (Å²) in [4.78, 5) is 15.1. The number of amides is 1. The molecule has 0 aliphatic heterocycles. The third-order valence-electron chi connectivity index (χ3n) is 1.58. The van der Waals surface area contributed by atoms with E-state index in [2.05, 4.69) is 11.9 Å². The zero-order chi connectivity index (χ0) is 10.6. The molecule has 0 spiro atoms. The Hall–Kier alpha value is -1.23. The molecule has 1 heterocycles. The smallest absolute Gasteiger partial charge is 0.251 e. The standard InChI is InChI=1S/C9H13N3OS/c1-2-3-14-9-7(8(11)13)4-6(10)5-12-9/h4-5H,2-3,10H2,1H3,(H2,11,13). The Kier molecular flexibility index (Phi) is 3.76. The van der Waals surface area contributed by atoms with Gasteiger partial charge in [0.1, 0.15) is 5.03 Å². The lowest BCUT2D eigenvalue weighted by Crippen LogP contribution is -2.13. The number of nitrogens with zero attached hydrogens (tertiary/aromatic N) is 1. The summed E-state index contributed by atoms with van der Waals surface area (Å²) in [5.74, 6) is 0.431. The van der Waals surface area contributed by atoms with Crippen molar-refractivity contribution in [1.82, 2.24) is 4.98 Å². The van der Waals surface area contributed by atoms with Gasteiger partial charge in [0.15, 0.2) is 0 Å². The van der Waals surface area contributed by atoms with Crippen molar-refractivity contribution in [3.63, 3.8) is 0 Å². The van der Waals surface area contributed by atoms with Crippen molar-refractivity contribution in [2.75, 3.05) is 11.5 Å². The van der Waals surface area contributed by atoms with Crippen LogP contribution in [-0.2, 0) is 0 Å². The quantitative estimate of drug-likeness (QED) is 0.735. The number of primary amides is 1. The van der Waals surface area contributed by atoms with E-state index in [4.69, 9.17) is 11.5 Å². The average molecular weight is 211 g/mol. The van der Waals surface area contributed by atoms with E-state index >= 15 is 0 Å². The van der Waals surface area contributed by atoms with Crippen molar-refractivity contribution < 1.29 is 4.79 Å². The first kappa shape index (κ1) is 10.8. The number of carbonyl (C=O) groups excluding carboxylic acids is 1. The van der Waals surface area contributed by atoms with Crippen molar-refractivity contribution in [3.05, 3.63) is 17.8 Å². The number of rotatable bonds is 4. The minimum atomic E-state index is -0.483. The molecule has 0 bridgehead atoms. The average Bonchev–Trinajstić information content (AvgIpc) is 2.15. The van der Waals surface area contributed by atoms with Gasteiger partial charge in [-0.05, 0) is 18.2 Å². The molecular formula is C9H13N3OS. The molecule has 1 aromatic rings. The number of nitrogens with two attached hydrogens (primary N) is 2. The highest BCUT2D eigenvalue weighted by Crippen LogP contribution is 2.22. The van der Waals surface area contributed by atoms with Gasteiger partial charge in [0, 0.05) is 0 Å². The van der Waals surface area contributed by atoms with Crippen LogP contribution in [0.2, 0.25) is 0 Å². The minimum Gasteiger partial charge on any atom is -0.397 e. The van der Waals surface area contributed by atoms with Gasteiger partial charge in [0.05, 0.1) is 17.4 Å². The fourth-order valence-corrected chi connectivity index (χ4v) is 1.80. The van der Waals surface area contributed by atoms with Crippen molar-refractivity contribution in [3.8, 4) is 0 Å². The number of aromatic nitrogens is 1. The van der Waals surface area contributed by atoms with Crippen molar-refractivity contribution >= 4 is 23.4 Å². The zero-order valence-corrected chi connectivity index (χ0v) is 8.80. The summed E-state index contributed by atoms with van der Waals surface area (Å²) in [5.41, 5.74) is 11.6. The van der Waals surface area contributed by atoms with Gasteiger partial charge in [0.2, 0.25) is 0 Å². The van der Waals surface area contributed by atoms with Gasteiger partial charge in [-0.3, -0.25) is 4.79 Å². The lowest BCUT2D eigenvalue weighted by Gasteiger charge is -2.04. The lowest BCUT2D eigenvalue weighted by molar-refractivity contribution is 0.0997. The molecule has 0 fully saturated rings. The highest BCUT2D eigenvalue weighted by Gasteiger charge is 2.09. The fraction of sp³-hybridized carbons (Fsp3) is 0.333. The van der Waals surface area contributed by atoms with Crippen LogP contribution in [0.3, 0.4) is 0 Å². The maximum atomic E-state index is 11.1. The number of thioether (sulfide) groups is 1. The Bertz CT molecular complexity index is 341. The van der Waals surface area contributed by atoms with Crippen LogP contribution in [-0.4, -0.2) is 16.6 Å². The summed E-state index contributed by atoms with van der Waals surface area (Å²) in [5, 5.41) is 0.661. The number of hydrogen-bond acceptors (Lipinski definition) is 4. The molecule has 0 atom stereocenters. The number of carbonyl (C=O) groups is 1. The molecule has 1 aromatic heterocycles. The van der Waals surface area contributed by atoms with E-state index in [0.29, 0.717) is 16.3 Å². The second kappa shape index (κ2) is 4.85. The van der Waals surface area contributed by atoms with E-state index in [1.54, 1.807) is 6.07 Å². The number of hydrogen-bond donors (Lipinski definition) is 2. The number of nitrogen functional groups attached to an aromatic ring is 1. The molecule has 0 saturated heterocycles. The van der Waals surface area contributed by atoms with Gasteiger partial charge in [-0.1, -0.05) is 6.92 Å². The summed E-state index contributed by atoms with van der Waals surface area (Å²) in [6, 6.07) is 1.56. The Morgan fingerprint density at radius 1 is 1.64 bits per heavy atom. The van der Waals surface area contributed by atoms with Crippen molar-refractivity contribution in [1.29, 1.82) is 0 Å². The van der Waals surface area contributed by atoms with Crippen LogP contribution in [0.4, 0.5) is 5.69 Å². The van der Waals surface area contributed by atoms with E-state index in [9.17, 15) is 4.79 Å². The first-order valence-corrected chi connectivity index (χ1v) is 5.31. The van der Waals surface area contributed by atoms with Crippen LogP contribution in [0.5, 0.6) is 0 Å². The molecule has 0 saturated carbocycles. The van der Waals surface area contributed by atoms with Crippen molar-refractivity contribution in [2.45, 2.75) is 18.4 Å². The monoisotopic (exact) mass is 211 g/mol. The summed E-state index contributed by atoms with van der Waals surface area (Å²) < 4.78 is 0. The van der Waals surface area contributed by atoms with Gasteiger partial charge < -0.3 is 11.5 Å². The van der Waals surface area contributed by atoms with E-state index in [1.807, 2.05) is 0 Å². The highest BCUT2D eigenvalue weighted by molar-refractivity contribution is 7.99. The van der Waals surface area contributed by atoms with Gasteiger partial charge in [-0.15, -0.1) is 11.8 Å². The van der Waals surface area contributed by atoms with Crippen LogP contribution in [0.1, 0.15) is 23.7 Å². The molecule has 0 radical (unpaired) electrons. The Morgan fingerprint density at radius 2 is 2.36 bits per heavy atom. The second-order valence-corrected chi connectivity index (χ2v) is 3.92. The van der Waals surface area contributed by atoms with Crippen LogP contribution in [0.25, 0.3) is 0 Å². The van der Waals surface area contributed by atoms with Gasteiger partial charge in [-0.2, -0.15) is 0 Å². The summed E-state index contributed by atoms with van der Waals surface area (Å²) in [7, 11) is 0. The molecule has 76 valence electrons. The van der Waals surface area contributed by atoms with Crippen LogP contribution >= 0.6 is 11.8 Å². The maximum Gasteiger partial charge on any atom is 0.251 e. The van der Waals surface area contributed by atoms with Crippen molar-refractivity contribution in [2.24, 2.45) is 5.73 Å². The largest absolute Gasteiger partial charge is 0.397 e. The summed E-state index contributed by atoms with van der Waals surface area (Å²) in [6.45, 7) is 2.06. The molecule has 0 aliphatic rings. The van der Waals surface area contributed by atoms with Crippen LogP contribution in [0, 0.1) is 0 Å². The lowest BCUT2D eigenvalue weighted by atomic mass is 10.2. The van der Waals surface area contributed by atoms with E-state index in [1.165, 1.54) is 18.0 Å². The number of pyridine rings is 1. The SMILES string of the molecule is CCCSc1ncc(N)cc1C(N)=O. The number of anilines is 1. The Balaban J connectivity index is 2.96. The molecular weight excluding hydrogens is 198 g/mol. The molecule has 4 nitrogen and oxygen atoms in total.